The van der Waals surface area contributed by atoms with Crippen molar-refractivity contribution < 1.29 is 14.0 Å². The molecule has 10 heteroatoms. The van der Waals surface area contributed by atoms with Gasteiger partial charge in [0.15, 0.2) is 5.58 Å². The summed E-state index contributed by atoms with van der Waals surface area (Å²) in [6.07, 6.45) is 1.08. The van der Waals surface area contributed by atoms with Gasteiger partial charge < -0.3 is 15.1 Å². The minimum Gasteiger partial charge on any atom is -0.408 e. The number of rotatable bonds is 0. The number of H-pyrrole nitrogens is 2. The third-order valence-electron chi connectivity index (χ3n) is 6.82. The molecule has 10 nitrogen and oxygen atoms in total. The summed E-state index contributed by atoms with van der Waals surface area (Å²) in [6, 6.07) is 23.6. The number of aryl methyl sites for hydroxylation is 4. The molecule has 6 aromatic rings. The van der Waals surface area contributed by atoms with Crippen LogP contribution >= 0.6 is 0 Å². The van der Waals surface area contributed by atoms with E-state index in [0.29, 0.717) is 18.4 Å². The van der Waals surface area contributed by atoms with Gasteiger partial charge >= 0.3 is 5.76 Å². The van der Waals surface area contributed by atoms with Gasteiger partial charge in [-0.2, -0.15) is 15.4 Å². The fourth-order valence-corrected chi connectivity index (χ4v) is 4.72. The lowest BCUT2D eigenvalue weighted by atomic mass is 10.1. The van der Waals surface area contributed by atoms with Crippen molar-refractivity contribution >= 4 is 45.3 Å². The lowest BCUT2D eigenvalue weighted by Gasteiger charge is -1.97. The van der Waals surface area contributed by atoms with Crippen molar-refractivity contribution in [1.29, 1.82) is 0 Å². The molecule has 4 N–H and O–H groups in total. The molecule has 0 spiro atoms. The average Bonchev–Trinajstić information content (AvgIpc) is 3.73. The van der Waals surface area contributed by atoms with E-state index in [1.807, 2.05) is 100 Å². The zero-order valence-corrected chi connectivity index (χ0v) is 24.4. The minimum absolute atomic E-state index is 0.102. The highest BCUT2D eigenvalue weighted by molar-refractivity contribution is 5.99. The fourth-order valence-electron chi connectivity index (χ4n) is 4.72. The third kappa shape index (κ3) is 7.42. The van der Waals surface area contributed by atoms with Crippen LogP contribution in [0.2, 0.25) is 0 Å². The first-order valence-corrected chi connectivity index (χ1v) is 13.8. The number of benzene rings is 4. The Morgan fingerprint density at radius 3 is 1.74 bits per heavy atom. The lowest BCUT2D eigenvalue weighted by Crippen LogP contribution is -2.03. The quantitative estimate of drug-likeness (QED) is 0.183. The number of hydrogen-bond acceptors (Lipinski definition) is 6. The molecule has 0 atom stereocenters. The van der Waals surface area contributed by atoms with Gasteiger partial charge in [-0.3, -0.25) is 14.6 Å². The molecule has 0 saturated heterocycles. The number of amides is 2. The number of anilines is 2. The molecule has 2 aliphatic rings. The first-order chi connectivity index (χ1) is 20.6. The molecule has 43 heavy (non-hydrogen) atoms. The van der Waals surface area contributed by atoms with Crippen LogP contribution in [0.5, 0.6) is 0 Å². The van der Waals surface area contributed by atoms with Gasteiger partial charge in [-0.25, -0.2) is 4.79 Å². The molecule has 0 unspecified atom stereocenters. The topological polar surface area (TPSA) is 146 Å². The fraction of sp³-hybridized carbons (Fsp3) is 0.182. The highest BCUT2D eigenvalue weighted by Gasteiger charge is 2.17. The summed E-state index contributed by atoms with van der Waals surface area (Å²) in [5.74, 6) is -0.193. The summed E-state index contributed by atoms with van der Waals surface area (Å²) in [4.78, 5) is 35.0. The first-order valence-electron chi connectivity index (χ1n) is 13.8. The van der Waals surface area contributed by atoms with Crippen molar-refractivity contribution in [1.82, 2.24) is 20.4 Å². The number of fused-ring (bicyclic) bond motifs is 4. The second kappa shape index (κ2) is 12.6. The van der Waals surface area contributed by atoms with Crippen LogP contribution in [0.3, 0.4) is 0 Å². The first kappa shape index (κ1) is 29.0. The Labute approximate surface area is 247 Å². The van der Waals surface area contributed by atoms with Crippen molar-refractivity contribution in [2.24, 2.45) is 0 Å². The number of carbonyl (C=O) groups is 2. The smallest absolute Gasteiger partial charge is 0.408 e. The maximum Gasteiger partial charge on any atom is 0.417 e. The molecular formula is C33H32N6O4. The Morgan fingerprint density at radius 2 is 1.12 bits per heavy atom. The van der Waals surface area contributed by atoms with Crippen LogP contribution in [0.25, 0.3) is 22.1 Å². The number of aromatic nitrogens is 4. The van der Waals surface area contributed by atoms with Crippen LogP contribution < -0.4 is 16.4 Å². The Bertz CT molecular complexity index is 1940. The standard InChI is InChI=1S/2C9H9NO.C8H7NO2.C7H7N3/c2*1-6-2-3-8-7(4-6)5-9(11)10-8;1-5-2-3-6-7(4-5)11-8(10)9-6;1-5-2-3-6-7(4-5)9-10-8-6/h2*2-4H,5H2,1H3,(H,10,11);2-4H,1H3,(H,9,10);2-4H,1H3,(H,8,9,10). The zero-order chi connectivity index (χ0) is 30.5. The van der Waals surface area contributed by atoms with E-state index in [2.05, 4.69) is 31.0 Å². The number of nitrogens with one attached hydrogen (secondary N) is 4. The van der Waals surface area contributed by atoms with Gasteiger partial charge in [0, 0.05) is 11.4 Å². The van der Waals surface area contributed by atoms with E-state index in [0.717, 1.165) is 44.6 Å². The van der Waals surface area contributed by atoms with E-state index in [4.69, 9.17) is 4.42 Å². The maximum absolute atomic E-state index is 10.9. The summed E-state index contributed by atoms with van der Waals surface area (Å²) >= 11 is 0. The summed E-state index contributed by atoms with van der Waals surface area (Å²) in [6.45, 7) is 8.05. The van der Waals surface area contributed by atoms with E-state index in [1.165, 1.54) is 16.7 Å². The molecule has 2 aliphatic heterocycles. The molecule has 0 aliphatic carbocycles. The number of nitrogens with zero attached hydrogens (tertiary/aromatic N) is 2. The van der Waals surface area contributed by atoms with Crippen LogP contribution in [0.15, 0.2) is 82.0 Å². The van der Waals surface area contributed by atoms with Gasteiger partial charge in [-0.05, 0) is 86.3 Å². The summed E-state index contributed by atoms with van der Waals surface area (Å²) < 4.78 is 4.84. The minimum atomic E-state index is -0.398. The van der Waals surface area contributed by atoms with E-state index in [-0.39, 0.29) is 11.8 Å². The number of aromatic amines is 2. The summed E-state index contributed by atoms with van der Waals surface area (Å²) in [5.41, 5.74) is 12.1. The van der Waals surface area contributed by atoms with Gasteiger partial charge in [0.2, 0.25) is 11.8 Å². The predicted molar refractivity (Wildman–Crippen MR) is 167 cm³/mol. The number of carbonyl (C=O) groups excluding carboxylic acids is 2. The lowest BCUT2D eigenvalue weighted by molar-refractivity contribution is -0.115. The van der Waals surface area contributed by atoms with Crippen LogP contribution in [0.1, 0.15) is 33.4 Å². The monoisotopic (exact) mass is 576 g/mol. The highest BCUT2D eigenvalue weighted by atomic mass is 16.4. The maximum atomic E-state index is 10.9. The van der Waals surface area contributed by atoms with E-state index >= 15 is 0 Å². The Morgan fingerprint density at radius 1 is 0.605 bits per heavy atom. The molecule has 4 heterocycles. The van der Waals surface area contributed by atoms with Gasteiger partial charge in [-0.1, -0.05) is 47.5 Å². The molecule has 2 amide bonds. The van der Waals surface area contributed by atoms with Gasteiger partial charge in [0.25, 0.3) is 0 Å². The van der Waals surface area contributed by atoms with Crippen molar-refractivity contribution in [3.8, 4) is 0 Å². The van der Waals surface area contributed by atoms with Crippen molar-refractivity contribution in [3.63, 3.8) is 0 Å². The van der Waals surface area contributed by atoms with Crippen LogP contribution in [-0.4, -0.2) is 32.2 Å². The van der Waals surface area contributed by atoms with Crippen LogP contribution in [-0.2, 0) is 22.4 Å². The van der Waals surface area contributed by atoms with Crippen molar-refractivity contribution in [2.75, 3.05) is 10.6 Å². The number of oxazole rings is 1. The van der Waals surface area contributed by atoms with Gasteiger partial charge in [-0.15, -0.1) is 0 Å². The largest absolute Gasteiger partial charge is 0.417 e. The zero-order valence-electron chi connectivity index (χ0n) is 24.4. The normalized spacial score (nSPS) is 12.6. The molecular weight excluding hydrogens is 544 g/mol. The number of hydrogen-bond donors (Lipinski definition) is 4. The van der Waals surface area contributed by atoms with E-state index in [9.17, 15) is 14.4 Å². The molecule has 0 fully saturated rings. The average molecular weight is 577 g/mol. The SMILES string of the molecule is Cc1ccc2[nH]c(=O)oc2c1.Cc1ccc2c(c1)CC(=O)N2.Cc1ccc2c(c1)CC(=O)N2.Cc1ccc2n[nH]nc2c1. The molecule has 4 aromatic carbocycles. The predicted octanol–water partition coefficient (Wildman–Crippen LogP) is 5.68. The second-order valence-corrected chi connectivity index (χ2v) is 10.6. The van der Waals surface area contributed by atoms with Crippen molar-refractivity contribution in [3.05, 3.63) is 117 Å². The Hall–Kier alpha value is -5.51. The van der Waals surface area contributed by atoms with Gasteiger partial charge in [0.05, 0.1) is 18.4 Å². The molecule has 0 saturated carbocycles. The summed E-state index contributed by atoms with van der Waals surface area (Å²) in [5, 5.41) is 16.0. The molecule has 8 rings (SSSR count). The third-order valence-corrected chi connectivity index (χ3v) is 6.82. The molecule has 218 valence electrons. The highest BCUT2D eigenvalue weighted by Crippen LogP contribution is 2.24. The Kier molecular flexibility index (Phi) is 8.47. The molecule has 0 bridgehead atoms. The summed E-state index contributed by atoms with van der Waals surface area (Å²) in [7, 11) is 0. The molecule has 2 aromatic heterocycles. The second-order valence-electron chi connectivity index (χ2n) is 10.6. The van der Waals surface area contributed by atoms with Crippen molar-refractivity contribution in [2.45, 2.75) is 40.5 Å². The Balaban J connectivity index is 0.000000114. The van der Waals surface area contributed by atoms with Crippen LogP contribution in [0, 0.1) is 27.7 Å². The van der Waals surface area contributed by atoms with Gasteiger partial charge in [0.1, 0.15) is 11.0 Å². The van der Waals surface area contributed by atoms with Crippen LogP contribution in [0.4, 0.5) is 11.4 Å². The van der Waals surface area contributed by atoms with E-state index in [1.54, 1.807) is 0 Å². The van der Waals surface area contributed by atoms with E-state index < -0.39 is 5.76 Å². The molecule has 0 radical (unpaired) electrons.